The maximum Gasteiger partial charge on any atom is 0.216 e. The standard InChI is InChI=1S/C7H16N2O2S/c1-7(2,3)12(10,11)9-6-4-8-5-6/h6,8-9H,4-5H2,1-3H3. The molecule has 12 heavy (non-hydrogen) atoms. The lowest BCUT2D eigenvalue weighted by atomic mass is 10.2. The fourth-order valence-electron chi connectivity index (χ4n) is 0.768. The Hall–Kier alpha value is -0.130. The van der Waals surface area contributed by atoms with Crippen molar-refractivity contribution < 1.29 is 8.42 Å². The first-order valence-electron chi connectivity index (χ1n) is 4.05. The van der Waals surface area contributed by atoms with Crippen LogP contribution < -0.4 is 10.0 Å². The molecule has 0 saturated carbocycles. The topological polar surface area (TPSA) is 58.2 Å². The highest BCUT2D eigenvalue weighted by atomic mass is 32.2. The maximum atomic E-state index is 11.5. The molecule has 0 aliphatic carbocycles. The molecule has 72 valence electrons. The van der Waals surface area contributed by atoms with E-state index in [0.29, 0.717) is 0 Å². The Balaban J connectivity index is 2.60. The second kappa shape index (κ2) is 2.97. The van der Waals surface area contributed by atoms with E-state index < -0.39 is 14.8 Å². The van der Waals surface area contributed by atoms with Gasteiger partial charge in [-0.1, -0.05) is 0 Å². The highest BCUT2D eigenvalue weighted by Crippen LogP contribution is 2.14. The SMILES string of the molecule is CC(C)(C)S(=O)(=O)NC1CNC1. The molecule has 1 aliphatic rings. The largest absolute Gasteiger partial charge is 0.313 e. The molecule has 0 spiro atoms. The summed E-state index contributed by atoms with van der Waals surface area (Å²) in [5.41, 5.74) is 0. The van der Waals surface area contributed by atoms with Gasteiger partial charge in [-0.15, -0.1) is 0 Å². The number of nitrogens with one attached hydrogen (secondary N) is 2. The van der Waals surface area contributed by atoms with Crippen LogP contribution in [0.3, 0.4) is 0 Å². The predicted octanol–water partition coefficient (Wildman–Crippen LogP) is -0.324. The first-order valence-corrected chi connectivity index (χ1v) is 5.54. The molecular weight excluding hydrogens is 176 g/mol. The van der Waals surface area contributed by atoms with Crippen molar-refractivity contribution in [3.05, 3.63) is 0 Å². The third-order valence-electron chi connectivity index (χ3n) is 1.91. The molecule has 1 heterocycles. The van der Waals surface area contributed by atoms with Crippen molar-refractivity contribution >= 4 is 10.0 Å². The summed E-state index contributed by atoms with van der Waals surface area (Å²) in [7, 11) is -3.15. The molecule has 0 atom stereocenters. The lowest BCUT2D eigenvalue weighted by Crippen LogP contribution is -2.59. The van der Waals surface area contributed by atoms with Gasteiger partial charge in [0.2, 0.25) is 10.0 Å². The summed E-state index contributed by atoms with van der Waals surface area (Å²) in [6.07, 6.45) is 0. The van der Waals surface area contributed by atoms with Gasteiger partial charge in [-0.05, 0) is 20.8 Å². The minimum Gasteiger partial charge on any atom is -0.313 e. The van der Waals surface area contributed by atoms with E-state index in [-0.39, 0.29) is 6.04 Å². The van der Waals surface area contributed by atoms with Crippen molar-refractivity contribution in [2.45, 2.75) is 31.6 Å². The molecule has 0 aromatic rings. The van der Waals surface area contributed by atoms with Crippen molar-refractivity contribution in [3.63, 3.8) is 0 Å². The van der Waals surface area contributed by atoms with Crippen LogP contribution in [0.4, 0.5) is 0 Å². The Kier molecular flexibility index (Phi) is 2.47. The predicted molar refractivity (Wildman–Crippen MR) is 48.5 cm³/mol. The van der Waals surface area contributed by atoms with Crippen LogP contribution in [0.2, 0.25) is 0 Å². The van der Waals surface area contributed by atoms with E-state index in [1.807, 2.05) is 0 Å². The summed E-state index contributed by atoms with van der Waals surface area (Å²) in [6, 6.07) is 0.0919. The molecule has 1 aliphatic heterocycles. The first-order chi connectivity index (χ1) is 5.33. The minimum absolute atomic E-state index is 0.0919. The smallest absolute Gasteiger partial charge is 0.216 e. The van der Waals surface area contributed by atoms with Crippen LogP contribution >= 0.6 is 0 Å². The molecule has 0 radical (unpaired) electrons. The molecule has 2 N–H and O–H groups in total. The van der Waals surface area contributed by atoms with Crippen LogP contribution in [0.1, 0.15) is 20.8 Å². The molecule has 0 bridgehead atoms. The van der Waals surface area contributed by atoms with Crippen LogP contribution in [0.25, 0.3) is 0 Å². The van der Waals surface area contributed by atoms with E-state index >= 15 is 0 Å². The summed E-state index contributed by atoms with van der Waals surface area (Å²) in [5.74, 6) is 0. The van der Waals surface area contributed by atoms with Gasteiger partial charge in [0.25, 0.3) is 0 Å². The summed E-state index contributed by atoms with van der Waals surface area (Å²) >= 11 is 0. The second-order valence-electron chi connectivity index (χ2n) is 4.09. The second-order valence-corrected chi connectivity index (χ2v) is 6.56. The normalized spacial score (nSPS) is 20.6. The Bertz CT molecular complexity index is 249. The van der Waals surface area contributed by atoms with Crippen molar-refractivity contribution in [2.75, 3.05) is 13.1 Å². The van der Waals surface area contributed by atoms with Gasteiger partial charge in [0.05, 0.1) is 4.75 Å². The Morgan fingerprint density at radius 3 is 2.08 bits per heavy atom. The van der Waals surface area contributed by atoms with Gasteiger partial charge in [-0.2, -0.15) is 0 Å². The fraction of sp³-hybridized carbons (Fsp3) is 1.00. The average Bonchev–Trinajstić information content (AvgIpc) is 1.76. The number of hydrogen-bond donors (Lipinski definition) is 2. The Morgan fingerprint density at radius 1 is 1.33 bits per heavy atom. The highest BCUT2D eigenvalue weighted by molar-refractivity contribution is 7.90. The van der Waals surface area contributed by atoms with E-state index in [4.69, 9.17) is 0 Å². The van der Waals surface area contributed by atoms with Crippen molar-refractivity contribution in [2.24, 2.45) is 0 Å². The summed E-state index contributed by atoms with van der Waals surface area (Å²) in [5, 5.41) is 3.01. The molecule has 0 amide bonds. The van der Waals surface area contributed by atoms with Gasteiger partial charge in [0.1, 0.15) is 0 Å². The fourth-order valence-corrected chi connectivity index (χ4v) is 1.73. The molecule has 1 fully saturated rings. The van der Waals surface area contributed by atoms with Crippen LogP contribution in [-0.2, 0) is 10.0 Å². The van der Waals surface area contributed by atoms with Gasteiger partial charge in [-0.25, -0.2) is 13.1 Å². The Labute approximate surface area is 73.8 Å². The van der Waals surface area contributed by atoms with E-state index in [0.717, 1.165) is 13.1 Å². The van der Waals surface area contributed by atoms with Gasteiger partial charge < -0.3 is 5.32 Å². The van der Waals surface area contributed by atoms with Crippen LogP contribution in [-0.4, -0.2) is 32.3 Å². The minimum atomic E-state index is -3.15. The van der Waals surface area contributed by atoms with E-state index in [1.54, 1.807) is 20.8 Å². The molecule has 4 nitrogen and oxygen atoms in total. The maximum absolute atomic E-state index is 11.5. The molecule has 0 aromatic carbocycles. The third-order valence-corrected chi connectivity index (χ3v) is 4.17. The monoisotopic (exact) mass is 192 g/mol. The van der Waals surface area contributed by atoms with Gasteiger partial charge in [0.15, 0.2) is 0 Å². The van der Waals surface area contributed by atoms with Crippen molar-refractivity contribution in [3.8, 4) is 0 Å². The van der Waals surface area contributed by atoms with Gasteiger partial charge in [0, 0.05) is 19.1 Å². The van der Waals surface area contributed by atoms with Crippen LogP contribution in [0.5, 0.6) is 0 Å². The zero-order chi connectivity index (χ0) is 9.41. The number of hydrogen-bond acceptors (Lipinski definition) is 3. The lowest BCUT2D eigenvalue weighted by molar-refractivity contribution is 0.405. The van der Waals surface area contributed by atoms with Crippen LogP contribution in [0.15, 0.2) is 0 Å². The molecule has 0 unspecified atom stereocenters. The lowest BCUT2D eigenvalue weighted by Gasteiger charge is -2.31. The van der Waals surface area contributed by atoms with Crippen LogP contribution in [0, 0.1) is 0 Å². The first kappa shape index (κ1) is 9.95. The number of rotatable bonds is 2. The molecule has 1 rings (SSSR count). The summed E-state index contributed by atoms with van der Waals surface area (Å²) in [4.78, 5) is 0. The van der Waals surface area contributed by atoms with Crippen molar-refractivity contribution in [1.82, 2.24) is 10.0 Å². The molecule has 5 heteroatoms. The highest BCUT2D eigenvalue weighted by Gasteiger charge is 2.32. The Morgan fingerprint density at radius 2 is 1.83 bits per heavy atom. The summed E-state index contributed by atoms with van der Waals surface area (Å²) < 4.78 is 25.0. The van der Waals surface area contributed by atoms with E-state index in [1.165, 1.54) is 0 Å². The molecule has 0 aromatic heterocycles. The van der Waals surface area contributed by atoms with Gasteiger partial charge in [-0.3, -0.25) is 0 Å². The quantitative estimate of drug-likeness (QED) is 0.630. The third kappa shape index (κ3) is 1.97. The zero-order valence-electron chi connectivity index (χ0n) is 7.72. The van der Waals surface area contributed by atoms with Gasteiger partial charge >= 0.3 is 0 Å². The molecule has 1 saturated heterocycles. The number of sulfonamides is 1. The van der Waals surface area contributed by atoms with E-state index in [2.05, 4.69) is 10.0 Å². The van der Waals surface area contributed by atoms with Crippen molar-refractivity contribution in [1.29, 1.82) is 0 Å². The molecular formula is C7H16N2O2S. The zero-order valence-corrected chi connectivity index (χ0v) is 8.53. The average molecular weight is 192 g/mol. The summed E-state index contributed by atoms with van der Waals surface area (Å²) in [6.45, 7) is 6.58. The van der Waals surface area contributed by atoms with E-state index in [9.17, 15) is 8.42 Å².